The molecule has 15 rings (SSSR count). The molecule has 0 aliphatic carbocycles. The van der Waals surface area contributed by atoms with Crippen LogP contribution >= 0.6 is 0 Å². The van der Waals surface area contributed by atoms with Crippen LogP contribution in [-0.2, 0) is 27.1 Å². The molecule has 2 heterocycles. The summed E-state index contributed by atoms with van der Waals surface area (Å²) in [4.78, 5) is 5.39. The van der Waals surface area contributed by atoms with E-state index in [0.29, 0.717) is 0 Å². The third kappa shape index (κ3) is 8.42. The van der Waals surface area contributed by atoms with Crippen LogP contribution in [0.4, 0.5) is 34.1 Å². The molecule has 13 aromatic carbocycles. The standard InChI is InChI=1S/C82H77BN2/c1-78(2,3)57-40-58(79(4,5)6)43-61(42-57)84-71-46-66-51(27-24-48-20-16-18-22-63(48)66)36-69(71)83-70-37-52-28-25-49-21-17-19-23-64(49)67(52)47-72(70)85(62-44-59(80(7,8)9)41-60(45-62)81(10,11)12)74-39-56(38-73(84)77(74)83)55-34-53-29-26-50-31-33-68(82(13,14)15)65-32-30-54(35-55)75(53)76(50)65/h16-47H,1-15H3. The van der Waals surface area contributed by atoms with E-state index in [4.69, 9.17) is 0 Å². The van der Waals surface area contributed by atoms with Crippen molar-refractivity contribution in [3.63, 3.8) is 0 Å². The second-order valence-corrected chi connectivity index (χ2v) is 30.3. The first kappa shape index (κ1) is 53.3. The van der Waals surface area contributed by atoms with Gasteiger partial charge < -0.3 is 9.80 Å². The Labute approximate surface area is 503 Å². The number of fused-ring (bicyclic) bond motifs is 10. The molecule has 3 heteroatoms. The molecule has 2 aliphatic rings. The fourth-order valence-electron chi connectivity index (χ4n) is 14.6. The molecule has 2 nitrogen and oxygen atoms in total. The lowest BCUT2D eigenvalue weighted by Crippen LogP contribution is -2.61. The molecule has 0 saturated carbocycles. The van der Waals surface area contributed by atoms with Gasteiger partial charge in [-0.05, 0) is 218 Å². The van der Waals surface area contributed by atoms with Crippen LogP contribution in [0.25, 0.3) is 86.5 Å². The van der Waals surface area contributed by atoms with E-state index < -0.39 is 0 Å². The molecule has 0 aromatic heterocycles. The van der Waals surface area contributed by atoms with Gasteiger partial charge in [-0.3, -0.25) is 0 Å². The first-order chi connectivity index (χ1) is 40.3. The number of nitrogens with zero attached hydrogens (tertiary/aromatic N) is 2. The summed E-state index contributed by atoms with van der Waals surface area (Å²) in [6.45, 7) is 35.4. The highest BCUT2D eigenvalue weighted by molar-refractivity contribution is 7.00. The van der Waals surface area contributed by atoms with E-state index in [2.05, 4.69) is 308 Å². The Balaban J connectivity index is 1.13. The van der Waals surface area contributed by atoms with Crippen molar-refractivity contribution in [1.29, 1.82) is 0 Å². The zero-order chi connectivity index (χ0) is 59.2. The van der Waals surface area contributed by atoms with Gasteiger partial charge in [0.1, 0.15) is 0 Å². The lowest BCUT2D eigenvalue weighted by molar-refractivity contribution is 0.568. The third-order valence-corrected chi connectivity index (χ3v) is 19.4. The summed E-state index contributed by atoms with van der Waals surface area (Å²) in [7, 11) is 0. The molecule has 85 heavy (non-hydrogen) atoms. The van der Waals surface area contributed by atoms with Gasteiger partial charge >= 0.3 is 0 Å². The molecule has 0 radical (unpaired) electrons. The summed E-state index contributed by atoms with van der Waals surface area (Å²) in [6.07, 6.45) is 0. The van der Waals surface area contributed by atoms with E-state index in [-0.39, 0.29) is 33.8 Å². The molecule has 0 atom stereocenters. The first-order valence-corrected chi connectivity index (χ1v) is 31.0. The Kier molecular flexibility index (Phi) is 11.3. The molecule has 0 spiro atoms. The van der Waals surface area contributed by atoms with Gasteiger partial charge in [0.05, 0.1) is 0 Å². The van der Waals surface area contributed by atoms with Crippen LogP contribution in [0.1, 0.15) is 132 Å². The van der Waals surface area contributed by atoms with Gasteiger partial charge in [0.25, 0.3) is 6.71 Å². The van der Waals surface area contributed by atoms with Crippen LogP contribution in [0.3, 0.4) is 0 Å². The zero-order valence-electron chi connectivity index (χ0n) is 52.4. The minimum atomic E-state index is -0.112. The number of benzene rings is 13. The van der Waals surface area contributed by atoms with Crippen LogP contribution in [0, 0.1) is 0 Å². The van der Waals surface area contributed by atoms with Crippen LogP contribution in [0.15, 0.2) is 194 Å². The maximum Gasteiger partial charge on any atom is 0.252 e. The Morgan fingerprint density at radius 3 is 1.11 bits per heavy atom. The maximum absolute atomic E-state index is 2.70. The summed E-state index contributed by atoms with van der Waals surface area (Å²) in [5.41, 5.74) is 19.9. The molecular formula is C82H77BN2. The van der Waals surface area contributed by atoms with Gasteiger partial charge in [-0.2, -0.15) is 0 Å². The molecule has 0 amide bonds. The van der Waals surface area contributed by atoms with Crippen molar-refractivity contribution < 1.29 is 0 Å². The Bertz CT molecular complexity index is 4670. The normalized spacial score (nSPS) is 14.0. The fourth-order valence-corrected chi connectivity index (χ4v) is 14.6. The topological polar surface area (TPSA) is 6.48 Å². The number of anilines is 6. The van der Waals surface area contributed by atoms with Crippen molar-refractivity contribution in [2.75, 3.05) is 9.80 Å². The van der Waals surface area contributed by atoms with Crippen molar-refractivity contribution in [2.45, 2.75) is 131 Å². The lowest BCUT2D eigenvalue weighted by atomic mass is 9.33. The summed E-state index contributed by atoms with van der Waals surface area (Å²) in [6, 6.07) is 76.9. The zero-order valence-corrected chi connectivity index (χ0v) is 52.4. The number of hydrogen-bond donors (Lipinski definition) is 0. The van der Waals surface area contributed by atoms with E-state index in [1.807, 2.05) is 0 Å². The van der Waals surface area contributed by atoms with E-state index in [1.54, 1.807) is 0 Å². The van der Waals surface area contributed by atoms with Crippen LogP contribution < -0.4 is 26.2 Å². The lowest BCUT2D eigenvalue weighted by Gasteiger charge is -2.45. The molecular weight excluding hydrogens is 1020 g/mol. The van der Waals surface area contributed by atoms with E-state index in [9.17, 15) is 0 Å². The van der Waals surface area contributed by atoms with Gasteiger partial charge in [0, 0.05) is 34.1 Å². The van der Waals surface area contributed by atoms with Crippen molar-refractivity contribution in [3.05, 3.63) is 222 Å². The minimum Gasteiger partial charge on any atom is -0.311 e. The van der Waals surface area contributed by atoms with E-state index >= 15 is 0 Å². The van der Waals surface area contributed by atoms with Crippen LogP contribution in [-0.4, -0.2) is 6.71 Å². The largest absolute Gasteiger partial charge is 0.311 e. The number of rotatable bonds is 3. The number of hydrogen-bond acceptors (Lipinski definition) is 2. The minimum absolute atomic E-state index is 0.00366. The quantitative estimate of drug-likeness (QED) is 0.129. The molecule has 0 N–H and O–H groups in total. The molecule has 418 valence electrons. The highest BCUT2D eigenvalue weighted by Crippen LogP contribution is 2.51. The predicted molar refractivity (Wildman–Crippen MR) is 373 cm³/mol. The first-order valence-electron chi connectivity index (χ1n) is 31.0. The van der Waals surface area contributed by atoms with Crippen molar-refractivity contribution in [3.8, 4) is 11.1 Å². The highest BCUT2D eigenvalue weighted by atomic mass is 15.2. The summed E-state index contributed by atoms with van der Waals surface area (Å²) >= 11 is 0. The second kappa shape index (κ2) is 18.1. The van der Waals surface area contributed by atoms with Crippen molar-refractivity contribution >= 4 is 133 Å². The predicted octanol–water partition coefficient (Wildman–Crippen LogP) is 21.4. The average Bonchev–Trinajstić information content (AvgIpc) is 0.737. The van der Waals surface area contributed by atoms with E-state index in [0.717, 1.165) is 0 Å². The monoisotopic (exact) mass is 1100 g/mol. The maximum atomic E-state index is 2.70. The van der Waals surface area contributed by atoms with Gasteiger partial charge in [0.2, 0.25) is 0 Å². The molecule has 2 aliphatic heterocycles. The summed E-state index contributed by atoms with van der Waals surface area (Å²) < 4.78 is 0. The Morgan fingerprint density at radius 2 is 0.659 bits per heavy atom. The van der Waals surface area contributed by atoms with Crippen LogP contribution in [0.5, 0.6) is 0 Å². The smallest absolute Gasteiger partial charge is 0.252 e. The van der Waals surface area contributed by atoms with Crippen LogP contribution in [0.2, 0.25) is 0 Å². The molecule has 0 saturated heterocycles. The SMILES string of the molecule is CC(C)(C)c1cc(N2c3cc4c(ccc5ccccc54)cc3B3c4cc5ccc6ccccc6c5cc4N(c4cc(C(C)(C)C)cc(C(C)(C)C)c4)c4cc(-c5cc6ccc7ccc(C(C)(C)C)c8ccc(c5)c6c78)cc2c43)cc(C(C)(C)C)c1. The van der Waals surface area contributed by atoms with E-state index in [1.165, 1.54) is 165 Å². The molecule has 0 fully saturated rings. The summed E-state index contributed by atoms with van der Waals surface area (Å²) in [5, 5.41) is 18.0. The second-order valence-electron chi connectivity index (χ2n) is 30.3. The molecule has 0 bridgehead atoms. The van der Waals surface area contributed by atoms with Gasteiger partial charge in [-0.25, -0.2) is 0 Å². The van der Waals surface area contributed by atoms with Crippen molar-refractivity contribution in [1.82, 2.24) is 0 Å². The van der Waals surface area contributed by atoms with Gasteiger partial charge in [-0.15, -0.1) is 0 Å². The average molecular weight is 1100 g/mol. The van der Waals surface area contributed by atoms with Gasteiger partial charge in [0.15, 0.2) is 0 Å². The fraction of sp³-hybridized carbons (Fsp3) is 0.244. The Morgan fingerprint density at radius 1 is 0.271 bits per heavy atom. The molecule has 0 unspecified atom stereocenters. The Hall–Kier alpha value is -8.40. The third-order valence-electron chi connectivity index (χ3n) is 19.4. The van der Waals surface area contributed by atoms with Crippen molar-refractivity contribution in [2.24, 2.45) is 0 Å². The summed E-state index contributed by atoms with van der Waals surface area (Å²) in [5.74, 6) is 0. The highest BCUT2D eigenvalue weighted by Gasteiger charge is 2.45. The molecule has 13 aromatic rings. The van der Waals surface area contributed by atoms with Gasteiger partial charge in [-0.1, -0.05) is 237 Å².